The Morgan fingerprint density at radius 1 is 1.11 bits per heavy atom. The van der Waals surface area contributed by atoms with Crippen molar-refractivity contribution in [2.45, 2.75) is 37.9 Å². The summed E-state index contributed by atoms with van der Waals surface area (Å²) >= 11 is 5.86. The molecule has 0 aliphatic heterocycles. The lowest BCUT2D eigenvalue weighted by Gasteiger charge is -2.19. The van der Waals surface area contributed by atoms with Crippen molar-refractivity contribution < 1.29 is 35.9 Å². The first kappa shape index (κ1) is 28.3. The molecule has 1 heterocycles. The highest BCUT2D eigenvalue weighted by molar-refractivity contribution is 6.30. The molecule has 7 nitrogen and oxygen atoms in total. The van der Waals surface area contributed by atoms with Crippen LogP contribution in [0, 0.1) is 0 Å². The molecule has 1 aromatic heterocycles. The smallest absolute Gasteiger partial charge is 0.382 e. The number of methoxy groups -OCH3 is 1. The average molecular weight is 551 g/mol. The lowest BCUT2D eigenvalue weighted by molar-refractivity contribution is -0.138. The number of rotatable bonds is 9. The number of carbonyl (C=O) groups is 1. The van der Waals surface area contributed by atoms with Gasteiger partial charge >= 0.3 is 18.0 Å². The molecular formula is C23H21ClF6N4O3. The van der Waals surface area contributed by atoms with Crippen LogP contribution in [0.25, 0.3) is 11.4 Å². The van der Waals surface area contributed by atoms with Crippen LogP contribution in [0.1, 0.15) is 23.6 Å². The Morgan fingerprint density at radius 2 is 1.78 bits per heavy atom. The van der Waals surface area contributed by atoms with Gasteiger partial charge in [-0.15, -0.1) is 5.10 Å². The Balaban J connectivity index is 1.88. The van der Waals surface area contributed by atoms with E-state index < -0.39 is 55.1 Å². The largest absolute Gasteiger partial charge is 0.416 e. The number of hydrogen-bond donors (Lipinski definition) is 1. The summed E-state index contributed by atoms with van der Waals surface area (Å²) in [6.07, 6.45) is -10.5. The van der Waals surface area contributed by atoms with Crippen molar-refractivity contribution in [3.05, 3.63) is 75.2 Å². The number of halogens is 7. The van der Waals surface area contributed by atoms with E-state index in [-0.39, 0.29) is 18.0 Å². The fraction of sp³-hybridized carbons (Fsp3) is 0.348. The summed E-state index contributed by atoms with van der Waals surface area (Å²) in [5, 5.41) is 6.87. The maximum atomic E-state index is 13.1. The van der Waals surface area contributed by atoms with Crippen LogP contribution in [-0.4, -0.2) is 40.1 Å². The Bertz CT molecular complexity index is 1290. The predicted molar refractivity (Wildman–Crippen MR) is 122 cm³/mol. The molecule has 3 rings (SSSR count). The maximum Gasteiger partial charge on any atom is 0.416 e. The summed E-state index contributed by atoms with van der Waals surface area (Å²) < 4.78 is 84.4. The standard InChI is InChI=1S/C23H21ClF6N4O3/c1-37-13-18(15-3-2-4-16(11-15)23(28,29)30)31-19(35)12-34-21(36)33(10-9-22(25,26)27)20(32-34)14-5-7-17(24)8-6-14/h2-8,11,18H,9-10,12-13H2,1H3,(H,31,35). The maximum absolute atomic E-state index is 13.1. The van der Waals surface area contributed by atoms with E-state index in [1.165, 1.54) is 43.5 Å². The third kappa shape index (κ3) is 7.59. The van der Waals surface area contributed by atoms with Crippen molar-refractivity contribution in [2.24, 2.45) is 0 Å². The number of carbonyl (C=O) groups excluding carboxylic acids is 1. The van der Waals surface area contributed by atoms with Crippen LogP contribution >= 0.6 is 11.6 Å². The van der Waals surface area contributed by atoms with Crippen molar-refractivity contribution in [3.8, 4) is 11.4 Å². The first-order valence-electron chi connectivity index (χ1n) is 10.7. The minimum absolute atomic E-state index is 0.106. The topological polar surface area (TPSA) is 78.2 Å². The van der Waals surface area contributed by atoms with E-state index in [2.05, 4.69) is 10.4 Å². The summed E-state index contributed by atoms with van der Waals surface area (Å²) in [6, 6.07) is 9.13. The summed E-state index contributed by atoms with van der Waals surface area (Å²) in [7, 11) is 1.29. The minimum atomic E-state index is -4.60. The SMILES string of the molecule is COCC(NC(=O)Cn1nc(-c2ccc(Cl)cc2)n(CCC(F)(F)F)c1=O)c1cccc(C(F)(F)F)c1. The molecule has 0 bridgehead atoms. The van der Waals surface area contributed by atoms with E-state index >= 15 is 0 Å². The van der Waals surface area contributed by atoms with Gasteiger partial charge in [0.2, 0.25) is 5.91 Å². The van der Waals surface area contributed by atoms with Crippen LogP contribution in [0.4, 0.5) is 26.3 Å². The van der Waals surface area contributed by atoms with Gasteiger partial charge in [0, 0.05) is 24.2 Å². The first-order valence-corrected chi connectivity index (χ1v) is 11.1. The van der Waals surface area contributed by atoms with E-state index in [4.69, 9.17) is 16.3 Å². The average Bonchev–Trinajstić information content (AvgIpc) is 3.12. The van der Waals surface area contributed by atoms with Crippen LogP contribution in [0.2, 0.25) is 5.02 Å². The Morgan fingerprint density at radius 3 is 2.38 bits per heavy atom. The third-order valence-corrected chi connectivity index (χ3v) is 5.47. The highest BCUT2D eigenvalue weighted by Crippen LogP contribution is 2.31. The zero-order valence-corrected chi connectivity index (χ0v) is 20.0. The molecule has 3 aromatic rings. The van der Waals surface area contributed by atoms with Gasteiger partial charge < -0.3 is 10.1 Å². The first-order chi connectivity index (χ1) is 17.3. The lowest BCUT2D eigenvalue weighted by atomic mass is 10.0. The molecule has 14 heteroatoms. The van der Waals surface area contributed by atoms with Gasteiger partial charge in [0.15, 0.2) is 5.82 Å². The highest BCUT2D eigenvalue weighted by Gasteiger charge is 2.31. The van der Waals surface area contributed by atoms with E-state index in [0.717, 1.165) is 16.7 Å². The van der Waals surface area contributed by atoms with Crippen molar-refractivity contribution >= 4 is 17.5 Å². The number of aromatic nitrogens is 3. The molecule has 1 N–H and O–H groups in total. The van der Waals surface area contributed by atoms with E-state index in [1.807, 2.05) is 0 Å². The Hall–Kier alpha value is -3.32. The van der Waals surface area contributed by atoms with Gasteiger partial charge in [0.25, 0.3) is 0 Å². The molecular weight excluding hydrogens is 530 g/mol. The van der Waals surface area contributed by atoms with Gasteiger partial charge in [-0.2, -0.15) is 26.3 Å². The number of amides is 1. The third-order valence-electron chi connectivity index (χ3n) is 5.22. The fourth-order valence-electron chi connectivity index (χ4n) is 3.49. The molecule has 1 atom stereocenters. The van der Waals surface area contributed by atoms with E-state index in [0.29, 0.717) is 15.3 Å². The van der Waals surface area contributed by atoms with E-state index in [1.54, 1.807) is 0 Å². The summed E-state index contributed by atoms with van der Waals surface area (Å²) in [6.45, 7) is -1.62. The highest BCUT2D eigenvalue weighted by atomic mass is 35.5. The number of nitrogens with zero attached hydrogens (tertiary/aromatic N) is 3. The molecule has 0 fully saturated rings. The molecule has 0 aliphatic rings. The second-order valence-electron chi connectivity index (χ2n) is 7.99. The van der Waals surface area contributed by atoms with Crippen LogP contribution in [-0.2, 0) is 28.8 Å². The normalized spacial score (nSPS) is 13.0. The van der Waals surface area contributed by atoms with Crippen molar-refractivity contribution in [1.82, 2.24) is 19.7 Å². The molecule has 0 saturated heterocycles. The molecule has 0 saturated carbocycles. The fourth-order valence-corrected chi connectivity index (χ4v) is 3.62. The zero-order chi connectivity index (χ0) is 27.4. The molecule has 37 heavy (non-hydrogen) atoms. The molecule has 1 unspecified atom stereocenters. The van der Waals surface area contributed by atoms with E-state index in [9.17, 15) is 35.9 Å². The van der Waals surface area contributed by atoms with Crippen LogP contribution in [0.15, 0.2) is 53.3 Å². The van der Waals surface area contributed by atoms with Crippen molar-refractivity contribution in [1.29, 1.82) is 0 Å². The summed E-state index contributed by atoms with van der Waals surface area (Å²) in [5.41, 5.74) is -1.49. The quantitative estimate of drug-likeness (QED) is 0.387. The summed E-state index contributed by atoms with van der Waals surface area (Å²) in [4.78, 5) is 25.6. The number of ether oxygens (including phenoxy) is 1. The minimum Gasteiger partial charge on any atom is -0.382 e. The van der Waals surface area contributed by atoms with Crippen molar-refractivity contribution in [2.75, 3.05) is 13.7 Å². The van der Waals surface area contributed by atoms with Gasteiger partial charge in [0.05, 0.1) is 24.6 Å². The van der Waals surface area contributed by atoms with Gasteiger partial charge in [-0.3, -0.25) is 9.36 Å². The summed E-state index contributed by atoms with van der Waals surface area (Å²) in [5.74, 6) is -0.922. The number of benzene rings is 2. The number of alkyl halides is 6. The molecule has 1 amide bonds. The van der Waals surface area contributed by atoms with Crippen molar-refractivity contribution in [3.63, 3.8) is 0 Å². The van der Waals surface area contributed by atoms with Gasteiger partial charge in [-0.1, -0.05) is 23.7 Å². The number of nitrogens with one attached hydrogen (secondary N) is 1. The van der Waals surface area contributed by atoms with Gasteiger partial charge in [-0.05, 0) is 42.0 Å². The molecule has 0 spiro atoms. The Labute approximate surface area is 211 Å². The second kappa shape index (κ2) is 11.4. The van der Waals surface area contributed by atoms with Gasteiger partial charge in [0.1, 0.15) is 6.54 Å². The van der Waals surface area contributed by atoms with Gasteiger partial charge in [-0.25, -0.2) is 9.48 Å². The number of hydrogen-bond acceptors (Lipinski definition) is 4. The Kier molecular flexibility index (Phi) is 8.69. The predicted octanol–water partition coefficient (Wildman–Crippen LogP) is 4.84. The zero-order valence-electron chi connectivity index (χ0n) is 19.2. The van der Waals surface area contributed by atoms with Crippen LogP contribution in [0.5, 0.6) is 0 Å². The van der Waals surface area contributed by atoms with Crippen LogP contribution in [0.3, 0.4) is 0 Å². The van der Waals surface area contributed by atoms with Crippen LogP contribution < -0.4 is 11.0 Å². The molecule has 0 aliphatic carbocycles. The monoisotopic (exact) mass is 550 g/mol. The molecule has 2 aromatic carbocycles. The lowest BCUT2D eigenvalue weighted by Crippen LogP contribution is -2.37. The molecule has 200 valence electrons. The molecule has 0 radical (unpaired) electrons. The second-order valence-corrected chi connectivity index (χ2v) is 8.42.